The van der Waals surface area contributed by atoms with E-state index in [1.165, 1.54) is 12.0 Å². The maximum Gasteiger partial charge on any atom is 0.295 e. The lowest BCUT2D eigenvalue weighted by Gasteiger charge is -2.27. The summed E-state index contributed by atoms with van der Waals surface area (Å²) < 4.78 is 16.7. The Labute approximate surface area is 208 Å². The molecule has 184 valence electrons. The van der Waals surface area contributed by atoms with Gasteiger partial charge in [-0.25, -0.2) is 0 Å². The predicted molar refractivity (Wildman–Crippen MR) is 132 cm³/mol. The fourth-order valence-electron chi connectivity index (χ4n) is 4.82. The third-order valence-electron chi connectivity index (χ3n) is 6.55. The summed E-state index contributed by atoms with van der Waals surface area (Å²) >= 11 is 0. The Morgan fingerprint density at radius 2 is 1.86 bits per heavy atom. The zero-order valence-electron chi connectivity index (χ0n) is 20.2. The largest absolute Gasteiger partial charge is 0.507 e. The van der Waals surface area contributed by atoms with E-state index >= 15 is 0 Å². The number of ether oxygens (including phenoxy) is 3. The van der Waals surface area contributed by atoms with E-state index < -0.39 is 17.7 Å². The van der Waals surface area contributed by atoms with Gasteiger partial charge in [0.2, 0.25) is 0 Å². The summed E-state index contributed by atoms with van der Waals surface area (Å²) in [5.41, 5.74) is 2.76. The van der Waals surface area contributed by atoms with Crippen LogP contribution in [-0.2, 0) is 22.6 Å². The lowest BCUT2D eigenvalue weighted by molar-refractivity contribution is -0.140. The Morgan fingerprint density at radius 1 is 1.08 bits per heavy atom. The van der Waals surface area contributed by atoms with Crippen LogP contribution in [0.2, 0.25) is 0 Å². The fraction of sp³-hybridized carbons (Fsp3) is 0.250. The highest BCUT2D eigenvalue weighted by molar-refractivity contribution is 6.46. The number of amides is 1. The minimum absolute atomic E-state index is 0.00411. The molecule has 2 aromatic carbocycles. The van der Waals surface area contributed by atoms with Crippen molar-refractivity contribution >= 4 is 17.4 Å². The average molecular weight is 487 g/mol. The van der Waals surface area contributed by atoms with Crippen molar-refractivity contribution < 1.29 is 28.9 Å². The first-order valence-corrected chi connectivity index (χ1v) is 11.6. The van der Waals surface area contributed by atoms with Gasteiger partial charge in [0.25, 0.3) is 11.7 Å². The molecule has 0 aliphatic carbocycles. The standard InChI is InChI=1S/C28H26N2O6/c1-16-12-19-13-18(4-7-22(19)36-16)26(31)24-25(21-6-5-20(34-2)14-23(21)35-3)30(28(33)27(24)32)15-17-8-10-29-11-9-17/h4-11,13-14,16,25,31H,12,15H2,1-3H3/b26-24-. The van der Waals surface area contributed by atoms with Gasteiger partial charge in [0.05, 0.1) is 25.8 Å². The van der Waals surface area contributed by atoms with E-state index in [4.69, 9.17) is 14.2 Å². The third-order valence-corrected chi connectivity index (χ3v) is 6.55. The lowest BCUT2D eigenvalue weighted by atomic mass is 9.93. The number of pyridine rings is 1. The Kier molecular flexibility index (Phi) is 6.10. The summed E-state index contributed by atoms with van der Waals surface area (Å²) in [5.74, 6) is 0.0581. The number of nitrogens with zero attached hydrogens (tertiary/aromatic N) is 2. The molecule has 2 aliphatic rings. The van der Waals surface area contributed by atoms with Gasteiger partial charge < -0.3 is 24.2 Å². The minimum Gasteiger partial charge on any atom is -0.507 e. The van der Waals surface area contributed by atoms with Crippen LogP contribution in [0.1, 0.15) is 35.2 Å². The SMILES string of the molecule is COc1ccc(C2/C(=C(/O)c3ccc4c(c3)CC(C)O4)C(=O)C(=O)N2Cc2ccncc2)c(OC)c1. The van der Waals surface area contributed by atoms with E-state index in [-0.39, 0.29) is 24.0 Å². The van der Waals surface area contributed by atoms with Gasteiger partial charge in [-0.15, -0.1) is 0 Å². The molecule has 36 heavy (non-hydrogen) atoms. The van der Waals surface area contributed by atoms with Crippen molar-refractivity contribution in [2.75, 3.05) is 14.2 Å². The fourth-order valence-corrected chi connectivity index (χ4v) is 4.82. The first-order valence-electron chi connectivity index (χ1n) is 11.6. The number of ketones is 1. The van der Waals surface area contributed by atoms with E-state index in [1.807, 2.05) is 13.0 Å². The predicted octanol–water partition coefficient (Wildman–Crippen LogP) is 4.04. The molecular formula is C28H26N2O6. The van der Waals surface area contributed by atoms with Crippen LogP contribution in [0.5, 0.6) is 17.2 Å². The number of carbonyl (C=O) groups excluding carboxylic acids is 2. The number of aromatic nitrogens is 1. The van der Waals surface area contributed by atoms with Gasteiger partial charge in [0, 0.05) is 42.6 Å². The van der Waals surface area contributed by atoms with Gasteiger partial charge in [-0.05, 0) is 60.5 Å². The second-order valence-corrected chi connectivity index (χ2v) is 8.85. The van der Waals surface area contributed by atoms with Crippen molar-refractivity contribution in [2.24, 2.45) is 0 Å². The number of hydrogen-bond acceptors (Lipinski definition) is 7. The second-order valence-electron chi connectivity index (χ2n) is 8.85. The quantitative estimate of drug-likeness (QED) is 0.319. The molecule has 8 nitrogen and oxygen atoms in total. The number of benzene rings is 2. The van der Waals surface area contributed by atoms with E-state index in [0.717, 1.165) is 16.9 Å². The highest BCUT2D eigenvalue weighted by Gasteiger charge is 2.47. The number of aliphatic hydroxyl groups is 1. The highest BCUT2D eigenvalue weighted by Crippen LogP contribution is 2.44. The maximum absolute atomic E-state index is 13.4. The molecule has 2 unspecified atom stereocenters. The normalized spacial score (nSPS) is 20.2. The number of aliphatic hydroxyl groups excluding tert-OH is 1. The zero-order chi connectivity index (χ0) is 25.4. The molecule has 0 spiro atoms. The van der Waals surface area contributed by atoms with Crippen LogP contribution in [0.3, 0.4) is 0 Å². The Hall–Kier alpha value is -4.33. The molecule has 2 aliphatic heterocycles. The van der Waals surface area contributed by atoms with Gasteiger partial charge in [-0.2, -0.15) is 0 Å². The lowest BCUT2D eigenvalue weighted by Crippen LogP contribution is -2.29. The first kappa shape index (κ1) is 23.4. The van der Waals surface area contributed by atoms with Gasteiger partial charge in [0.1, 0.15) is 29.1 Å². The van der Waals surface area contributed by atoms with Gasteiger partial charge in [-0.3, -0.25) is 14.6 Å². The van der Waals surface area contributed by atoms with Crippen LogP contribution in [0, 0.1) is 0 Å². The van der Waals surface area contributed by atoms with Crippen LogP contribution in [0.25, 0.3) is 5.76 Å². The number of rotatable bonds is 6. The summed E-state index contributed by atoms with van der Waals surface area (Å²) in [6.07, 6.45) is 3.99. The highest BCUT2D eigenvalue weighted by atomic mass is 16.5. The number of methoxy groups -OCH3 is 2. The van der Waals surface area contributed by atoms with Crippen molar-refractivity contribution in [2.45, 2.75) is 32.0 Å². The molecule has 0 radical (unpaired) electrons. The zero-order valence-corrected chi connectivity index (χ0v) is 20.2. The second kappa shape index (κ2) is 9.37. The minimum atomic E-state index is -0.873. The van der Waals surface area contributed by atoms with E-state index in [9.17, 15) is 14.7 Å². The van der Waals surface area contributed by atoms with Crippen molar-refractivity contribution in [1.82, 2.24) is 9.88 Å². The summed E-state index contributed by atoms with van der Waals surface area (Å²) in [7, 11) is 3.05. The number of likely N-dealkylation sites (tertiary alicyclic amines) is 1. The molecule has 2 atom stereocenters. The van der Waals surface area contributed by atoms with Crippen molar-refractivity contribution in [3.8, 4) is 17.2 Å². The smallest absolute Gasteiger partial charge is 0.295 e. The monoisotopic (exact) mass is 486 g/mol. The summed E-state index contributed by atoms with van der Waals surface area (Å²) in [6.45, 7) is 2.12. The van der Waals surface area contributed by atoms with E-state index in [2.05, 4.69) is 4.98 Å². The molecule has 0 bridgehead atoms. The average Bonchev–Trinajstić information content (AvgIpc) is 3.39. The van der Waals surface area contributed by atoms with Crippen LogP contribution in [0.15, 0.2) is 66.5 Å². The number of fused-ring (bicyclic) bond motifs is 1. The molecule has 5 rings (SSSR count). The van der Waals surface area contributed by atoms with E-state index in [1.54, 1.807) is 62.0 Å². The Bertz CT molecular complexity index is 1370. The van der Waals surface area contributed by atoms with Gasteiger partial charge >= 0.3 is 0 Å². The molecular weight excluding hydrogens is 460 g/mol. The molecule has 3 heterocycles. The van der Waals surface area contributed by atoms with Crippen molar-refractivity contribution in [3.63, 3.8) is 0 Å². The number of carbonyl (C=O) groups is 2. The van der Waals surface area contributed by atoms with Gasteiger partial charge in [0.15, 0.2) is 0 Å². The molecule has 1 aromatic heterocycles. The van der Waals surface area contributed by atoms with Gasteiger partial charge in [-0.1, -0.05) is 0 Å². The molecule has 8 heteroatoms. The van der Waals surface area contributed by atoms with Crippen molar-refractivity contribution in [3.05, 3.63) is 88.8 Å². The van der Waals surface area contributed by atoms with Crippen LogP contribution in [-0.4, -0.2) is 47.0 Å². The van der Waals surface area contributed by atoms with E-state index in [0.29, 0.717) is 29.0 Å². The molecule has 1 saturated heterocycles. The van der Waals surface area contributed by atoms with Crippen LogP contribution >= 0.6 is 0 Å². The molecule has 0 saturated carbocycles. The summed E-state index contributed by atoms with van der Waals surface area (Å²) in [4.78, 5) is 32.2. The molecule has 3 aromatic rings. The number of Topliss-reactive ketones (excluding diaryl/α,β-unsaturated/α-hetero) is 1. The van der Waals surface area contributed by atoms with Crippen molar-refractivity contribution in [1.29, 1.82) is 0 Å². The van der Waals surface area contributed by atoms with Crippen LogP contribution in [0.4, 0.5) is 0 Å². The Morgan fingerprint density at radius 3 is 2.58 bits per heavy atom. The van der Waals surface area contributed by atoms with Crippen LogP contribution < -0.4 is 14.2 Å². The summed E-state index contributed by atoms with van der Waals surface area (Å²) in [6, 6.07) is 13.2. The number of hydrogen-bond donors (Lipinski definition) is 1. The molecule has 1 amide bonds. The first-order chi connectivity index (χ1) is 17.4. The third kappa shape index (κ3) is 4.04. The maximum atomic E-state index is 13.4. The molecule has 1 N–H and O–H groups in total. The summed E-state index contributed by atoms with van der Waals surface area (Å²) in [5, 5.41) is 11.4. The topological polar surface area (TPSA) is 98.2 Å². The Balaban J connectivity index is 1.67. The molecule has 1 fully saturated rings.